The van der Waals surface area contributed by atoms with Crippen LogP contribution < -0.4 is 0 Å². The van der Waals surface area contributed by atoms with E-state index in [1.165, 1.54) is 4.90 Å². The topological polar surface area (TPSA) is 74.7 Å². The summed E-state index contributed by atoms with van der Waals surface area (Å²) in [6.07, 6.45) is 0.233. The van der Waals surface area contributed by atoms with Gasteiger partial charge >= 0.3 is 5.97 Å². The van der Waals surface area contributed by atoms with Crippen LogP contribution in [0.1, 0.15) is 17.5 Å². The molecule has 0 spiro atoms. The van der Waals surface area contributed by atoms with Crippen LogP contribution >= 0.6 is 11.8 Å². The third kappa shape index (κ3) is 3.35. The highest BCUT2D eigenvalue weighted by atomic mass is 32.2. The van der Waals surface area contributed by atoms with Crippen LogP contribution in [0.5, 0.6) is 0 Å². The first kappa shape index (κ1) is 13.6. The van der Waals surface area contributed by atoms with Gasteiger partial charge < -0.3 is 5.11 Å². The van der Waals surface area contributed by atoms with Gasteiger partial charge in [0.2, 0.25) is 5.91 Å². The largest absolute Gasteiger partial charge is 0.481 e. The van der Waals surface area contributed by atoms with E-state index in [-0.39, 0.29) is 24.1 Å². The van der Waals surface area contributed by atoms with E-state index in [2.05, 4.69) is 0 Å². The summed E-state index contributed by atoms with van der Waals surface area (Å²) in [5.41, 5.74) is 1.33. The van der Waals surface area contributed by atoms with E-state index in [9.17, 15) is 14.4 Å². The van der Waals surface area contributed by atoms with E-state index in [1.807, 2.05) is 0 Å². The smallest absolute Gasteiger partial charge is 0.307 e. The molecule has 1 saturated heterocycles. The Morgan fingerprint density at radius 3 is 2.58 bits per heavy atom. The third-order valence-electron chi connectivity index (χ3n) is 2.85. The highest BCUT2D eigenvalue weighted by Gasteiger charge is 2.27. The van der Waals surface area contributed by atoms with Crippen LogP contribution in [0.3, 0.4) is 0 Å². The number of carbonyl (C=O) groups excluding carboxylic acids is 2. The lowest BCUT2D eigenvalue weighted by Gasteiger charge is -2.25. The molecule has 2 rings (SSSR count). The van der Waals surface area contributed by atoms with Crippen LogP contribution in [0.4, 0.5) is 4.79 Å². The van der Waals surface area contributed by atoms with Crippen LogP contribution in [0.15, 0.2) is 24.3 Å². The van der Waals surface area contributed by atoms with Gasteiger partial charge in [-0.1, -0.05) is 36.0 Å². The molecule has 1 N–H and O–H groups in total. The molecule has 0 unspecified atom stereocenters. The average Bonchev–Trinajstić information content (AvgIpc) is 2.35. The van der Waals surface area contributed by atoms with E-state index < -0.39 is 5.97 Å². The van der Waals surface area contributed by atoms with Crippen molar-refractivity contribution in [3.8, 4) is 0 Å². The molecule has 100 valence electrons. The fourth-order valence-corrected chi connectivity index (χ4v) is 2.68. The molecule has 5 nitrogen and oxygen atoms in total. The minimum Gasteiger partial charge on any atom is -0.481 e. The van der Waals surface area contributed by atoms with Crippen molar-refractivity contribution >= 4 is 28.9 Å². The van der Waals surface area contributed by atoms with Gasteiger partial charge in [0.15, 0.2) is 0 Å². The predicted molar refractivity (Wildman–Crippen MR) is 70.8 cm³/mol. The molecule has 6 heteroatoms. The van der Waals surface area contributed by atoms with E-state index in [0.717, 1.165) is 11.8 Å². The minimum absolute atomic E-state index is 0.112. The molecule has 0 atom stereocenters. The Morgan fingerprint density at radius 2 is 1.95 bits per heavy atom. The number of benzene rings is 1. The Morgan fingerprint density at radius 1 is 1.26 bits per heavy atom. The molecule has 0 saturated carbocycles. The number of hydrogen-bond acceptors (Lipinski definition) is 4. The van der Waals surface area contributed by atoms with Crippen LogP contribution in [0.25, 0.3) is 0 Å². The van der Waals surface area contributed by atoms with Crippen molar-refractivity contribution in [3.05, 3.63) is 35.4 Å². The van der Waals surface area contributed by atoms with Gasteiger partial charge in [-0.25, -0.2) is 0 Å². The Labute approximate surface area is 114 Å². The number of carbonyl (C=O) groups is 3. The molecule has 19 heavy (non-hydrogen) atoms. The van der Waals surface area contributed by atoms with Crippen LogP contribution in [0, 0.1) is 0 Å². The zero-order chi connectivity index (χ0) is 13.8. The first-order chi connectivity index (χ1) is 9.08. The molecule has 1 aliphatic heterocycles. The van der Waals surface area contributed by atoms with E-state index in [4.69, 9.17) is 5.11 Å². The highest BCUT2D eigenvalue weighted by molar-refractivity contribution is 8.13. The quantitative estimate of drug-likeness (QED) is 0.911. The summed E-state index contributed by atoms with van der Waals surface area (Å²) >= 11 is 1.12. The number of rotatable bonds is 4. The van der Waals surface area contributed by atoms with Crippen LogP contribution in [-0.2, 0) is 22.6 Å². The van der Waals surface area contributed by atoms with Gasteiger partial charge in [0, 0.05) is 12.2 Å². The average molecular weight is 279 g/mol. The van der Waals surface area contributed by atoms with Crippen LogP contribution in [0.2, 0.25) is 0 Å². The minimum atomic E-state index is -0.932. The normalized spacial score (nSPS) is 15.7. The molecule has 1 heterocycles. The van der Waals surface area contributed by atoms with Gasteiger partial charge in [0.1, 0.15) is 0 Å². The summed E-state index contributed by atoms with van der Waals surface area (Å²) in [6.45, 7) is 0.147. The van der Waals surface area contributed by atoms with Crippen molar-refractivity contribution < 1.29 is 19.5 Å². The molecule has 1 aliphatic rings. The summed E-state index contributed by atoms with van der Waals surface area (Å²) in [4.78, 5) is 35.4. The highest BCUT2D eigenvalue weighted by Crippen LogP contribution is 2.22. The molecular formula is C13H13NO4S. The maximum Gasteiger partial charge on any atom is 0.307 e. The number of imide groups is 1. The zero-order valence-electron chi connectivity index (χ0n) is 10.2. The first-order valence-electron chi connectivity index (χ1n) is 5.83. The number of carboxylic acids is 1. The number of nitrogens with zero attached hydrogens (tertiary/aromatic N) is 1. The molecule has 1 aromatic carbocycles. The van der Waals surface area contributed by atoms with E-state index >= 15 is 0 Å². The Balaban J connectivity index is 2.20. The van der Waals surface area contributed by atoms with E-state index in [0.29, 0.717) is 23.3 Å². The van der Waals surface area contributed by atoms with Gasteiger partial charge in [-0.05, 0) is 11.1 Å². The molecule has 1 fully saturated rings. The lowest BCUT2D eigenvalue weighted by Crippen LogP contribution is -2.37. The SMILES string of the molecule is O=C(O)Cc1ccccc1CN1C(=O)CCSC1=O. The monoisotopic (exact) mass is 279 g/mol. The van der Waals surface area contributed by atoms with Crippen LogP contribution in [-0.4, -0.2) is 32.9 Å². The molecule has 1 aromatic rings. The second kappa shape index (κ2) is 5.88. The summed E-state index contributed by atoms with van der Waals surface area (Å²) < 4.78 is 0. The van der Waals surface area contributed by atoms with E-state index in [1.54, 1.807) is 24.3 Å². The van der Waals surface area contributed by atoms with Gasteiger partial charge in [-0.15, -0.1) is 0 Å². The molecule has 0 radical (unpaired) electrons. The fraction of sp³-hybridized carbons (Fsp3) is 0.308. The number of carboxylic acid groups (broad SMARTS) is 1. The summed E-state index contributed by atoms with van der Waals surface area (Å²) in [6, 6.07) is 6.97. The number of aliphatic carboxylic acids is 1. The zero-order valence-corrected chi connectivity index (χ0v) is 11.0. The van der Waals surface area contributed by atoms with Crippen molar-refractivity contribution in [1.82, 2.24) is 4.90 Å². The summed E-state index contributed by atoms with van der Waals surface area (Å²) in [5.74, 6) is -0.614. The molecule has 0 aliphatic carbocycles. The van der Waals surface area contributed by atoms with Gasteiger partial charge in [-0.2, -0.15) is 0 Å². The van der Waals surface area contributed by atoms with Crippen molar-refractivity contribution in [2.24, 2.45) is 0 Å². The maximum atomic E-state index is 11.7. The maximum absolute atomic E-state index is 11.7. The second-order valence-electron chi connectivity index (χ2n) is 4.18. The standard InChI is InChI=1S/C13H13NO4S/c15-11-5-6-19-13(18)14(11)8-10-4-2-1-3-9(10)7-12(16)17/h1-4H,5-8H2,(H,16,17). The molecule has 0 bridgehead atoms. The summed E-state index contributed by atoms with van der Waals surface area (Å²) in [5, 5.41) is 8.59. The van der Waals surface area contributed by atoms with Crippen molar-refractivity contribution in [1.29, 1.82) is 0 Å². The van der Waals surface area contributed by atoms with Crippen molar-refractivity contribution in [2.45, 2.75) is 19.4 Å². The second-order valence-corrected chi connectivity index (χ2v) is 5.23. The number of amides is 2. The predicted octanol–water partition coefficient (Wildman–Crippen LogP) is 1.90. The van der Waals surface area contributed by atoms with Crippen molar-refractivity contribution in [3.63, 3.8) is 0 Å². The lowest BCUT2D eigenvalue weighted by molar-refractivity contribution is -0.136. The number of hydrogen-bond donors (Lipinski definition) is 1. The van der Waals surface area contributed by atoms with Gasteiger partial charge in [0.05, 0.1) is 13.0 Å². The molecule has 2 amide bonds. The molecular weight excluding hydrogens is 266 g/mol. The van der Waals surface area contributed by atoms with Gasteiger partial charge in [-0.3, -0.25) is 19.3 Å². The lowest BCUT2D eigenvalue weighted by atomic mass is 10.0. The third-order valence-corrected chi connectivity index (χ3v) is 3.73. The fourth-order valence-electron chi connectivity index (χ4n) is 1.91. The Bertz CT molecular complexity index is 513. The first-order valence-corrected chi connectivity index (χ1v) is 6.82. The number of thioether (sulfide) groups is 1. The Kier molecular flexibility index (Phi) is 4.21. The Hall–Kier alpha value is -1.82. The van der Waals surface area contributed by atoms with Gasteiger partial charge in [0.25, 0.3) is 5.24 Å². The summed E-state index contributed by atoms with van der Waals surface area (Å²) in [7, 11) is 0. The molecule has 0 aromatic heterocycles. The van der Waals surface area contributed by atoms with Crippen molar-refractivity contribution in [2.75, 3.05) is 5.75 Å².